The molecule has 4 heteroatoms. The number of aryl methyl sites for hydroxylation is 1. The normalized spacial score (nSPS) is 9.80. The molecule has 0 aliphatic carbocycles. The molecular formula is C11H11BrO3. The van der Waals surface area contributed by atoms with Crippen molar-refractivity contribution in [3.8, 4) is 5.75 Å². The van der Waals surface area contributed by atoms with Crippen LogP contribution in [0.25, 0.3) is 0 Å². The minimum Gasteiger partial charge on any atom is -0.425 e. The summed E-state index contributed by atoms with van der Waals surface area (Å²) in [5, 5.41) is 0.109. The largest absolute Gasteiger partial charge is 0.425 e. The molecule has 1 aromatic rings. The number of halogens is 1. The Balaban J connectivity index is 3.06. The molecule has 0 aromatic heterocycles. The number of esters is 1. The van der Waals surface area contributed by atoms with Crippen molar-refractivity contribution in [3.05, 3.63) is 29.3 Å². The van der Waals surface area contributed by atoms with E-state index in [2.05, 4.69) is 15.9 Å². The third-order valence-electron chi connectivity index (χ3n) is 1.85. The number of carbonyl (C=O) groups is 2. The van der Waals surface area contributed by atoms with Crippen LogP contribution in [0.15, 0.2) is 18.2 Å². The van der Waals surface area contributed by atoms with E-state index >= 15 is 0 Å². The summed E-state index contributed by atoms with van der Waals surface area (Å²) < 4.78 is 5.00. The lowest BCUT2D eigenvalue weighted by Crippen LogP contribution is -2.11. The van der Waals surface area contributed by atoms with Crippen molar-refractivity contribution in [1.82, 2.24) is 0 Å². The van der Waals surface area contributed by atoms with E-state index in [0.717, 1.165) is 5.56 Å². The fourth-order valence-corrected chi connectivity index (χ4v) is 1.27. The molecule has 1 aromatic carbocycles. The number of Topliss-reactive ketones (excluding diaryl/α,β-unsaturated/α-hetero) is 1. The van der Waals surface area contributed by atoms with Crippen molar-refractivity contribution in [3.63, 3.8) is 0 Å². The van der Waals surface area contributed by atoms with Crippen LogP contribution in [-0.4, -0.2) is 17.1 Å². The lowest BCUT2D eigenvalue weighted by atomic mass is 10.1. The topological polar surface area (TPSA) is 43.4 Å². The number of hydrogen-bond acceptors (Lipinski definition) is 3. The first-order valence-corrected chi connectivity index (χ1v) is 5.55. The van der Waals surface area contributed by atoms with Crippen molar-refractivity contribution in [1.29, 1.82) is 0 Å². The van der Waals surface area contributed by atoms with E-state index in [1.807, 2.05) is 6.92 Å². The Hall–Kier alpha value is -1.16. The summed E-state index contributed by atoms with van der Waals surface area (Å²) in [5.41, 5.74) is 1.39. The van der Waals surface area contributed by atoms with Crippen LogP contribution in [0, 0.1) is 6.92 Å². The summed E-state index contributed by atoms with van der Waals surface area (Å²) in [4.78, 5) is 22.3. The highest BCUT2D eigenvalue weighted by atomic mass is 79.9. The molecule has 0 unspecified atom stereocenters. The Bertz CT molecular complexity index is 399. The molecule has 3 nitrogen and oxygen atoms in total. The lowest BCUT2D eigenvalue weighted by Gasteiger charge is -2.07. The van der Waals surface area contributed by atoms with Gasteiger partial charge in [-0.1, -0.05) is 27.6 Å². The number of benzene rings is 1. The molecule has 0 aliphatic rings. The highest BCUT2D eigenvalue weighted by Crippen LogP contribution is 2.20. The van der Waals surface area contributed by atoms with Gasteiger partial charge in [0, 0.05) is 0 Å². The van der Waals surface area contributed by atoms with Gasteiger partial charge in [0.25, 0.3) is 0 Å². The van der Waals surface area contributed by atoms with E-state index in [1.54, 1.807) is 18.2 Å². The minimum atomic E-state index is -0.415. The third kappa shape index (κ3) is 3.16. The van der Waals surface area contributed by atoms with Gasteiger partial charge in [-0.25, -0.2) is 0 Å². The van der Waals surface area contributed by atoms with Crippen molar-refractivity contribution >= 4 is 27.7 Å². The monoisotopic (exact) mass is 270 g/mol. The van der Waals surface area contributed by atoms with Gasteiger partial charge in [0.05, 0.1) is 5.56 Å². The molecule has 0 radical (unpaired) electrons. The first-order chi connectivity index (χ1) is 7.04. The van der Waals surface area contributed by atoms with E-state index in [1.165, 1.54) is 6.92 Å². The average molecular weight is 271 g/mol. The zero-order chi connectivity index (χ0) is 11.4. The molecule has 0 saturated carbocycles. The van der Waals surface area contributed by atoms with Crippen LogP contribution in [0.4, 0.5) is 0 Å². The molecule has 0 fully saturated rings. The van der Waals surface area contributed by atoms with Crippen molar-refractivity contribution in [2.75, 3.05) is 5.33 Å². The summed E-state index contributed by atoms with van der Waals surface area (Å²) in [7, 11) is 0. The summed E-state index contributed by atoms with van der Waals surface area (Å²) in [5.74, 6) is -0.213. The highest BCUT2D eigenvalue weighted by Gasteiger charge is 2.11. The smallest absolute Gasteiger partial charge is 0.321 e. The van der Waals surface area contributed by atoms with E-state index < -0.39 is 5.97 Å². The SMILES string of the molecule is CC(=O)c1cc(C)ccc1OC(=O)CBr. The second-order valence-electron chi connectivity index (χ2n) is 3.16. The quantitative estimate of drug-likeness (QED) is 0.367. The van der Waals surface area contributed by atoms with Crippen molar-refractivity contribution < 1.29 is 14.3 Å². The van der Waals surface area contributed by atoms with Crippen molar-refractivity contribution in [2.24, 2.45) is 0 Å². The molecule has 0 saturated heterocycles. The van der Waals surface area contributed by atoms with E-state index in [-0.39, 0.29) is 11.1 Å². The Kier molecular flexibility index (Phi) is 4.03. The second kappa shape index (κ2) is 5.07. The minimum absolute atomic E-state index is 0.109. The first-order valence-electron chi connectivity index (χ1n) is 4.43. The van der Waals surface area contributed by atoms with Gasteiger partial charge in [-0.3, -0.25) is 9.59 Å². The Morgan fingerprint density at radius 2 is 2.07 bits per heavy atom. The summed E-state index contributed by atoms with van der Waals surface area (Å²) in [6, 6.07) is 5.13. The first kappa shape index (κ1) is 11.9. The fraction of sp³-hybridized carbons (Fsp3) is 0.273. The predicted octanol–water partition coefficient (Wildman–Crippen LogP) is 2.50. The van der Waals surface area contributed by atoms with Crippen LogP contribution in [0.1, 0.15) is 22.8 Å². The molecule has 0 spiro atoms. The van der Waals surface area contributed by atoms with Gasteiger partial charge >= 0.3 is 5.97 Å². The molecule has 0 N–H and O–H groups in total. The van der Waals surface area contributed by atoms with Crippen molar-refractivity contribution in [2.45, 2.75) is 13.8 Å². The molecule has 0 aliphatic heterocycles. The van der Waals surface area contributed by atoms with Crippen LogP contribution < -0.4 is 4.74 Å². The molecule has 0 atom stereocenters. The molecule has 1 rings (SSSR count). The van der Waals surface area contributed by atoms with Gasteiger partial charge in [-0.15, -0.1) is 0 Å². The molecule has 80 valence electrons. The van der Waals surface area contributed by atoms with Crippen LogP contribution in [0.2, 0.25) is 0 Å². The molecular weight excluding hydrogens is 260 g/mol. The lowest BCUT2D eigenvalue weighted by molar-refractivity contribution is -0.131. The van der Waals surface area contributed by atoms with Crippen LogP contribution in [0.5, 0.6) is 5.75 Å². The number of ketones is 1. The molecule has 0 amide bonds. The third-order valence-corrected chi connectivity index (χ3v) is 2.31. The average Bonchev–Trinajstić information content (AvgIpc) is 2.20. The number of ether oxygens (including phenoxy) is 1. The van der Waals surface area contributed by atoms with Gasteiger partial charge in [0.15, 0.2) is 5.78 Å². The maximum Gasteiger partial charge on any atom is 0.321 e. The second-order valence-corrected chi connectivity index (χ2v) is 3.72. The van der Waals surface area contributed by atoms with Crippen LogP contribution in [0.3, 0.4) is 0 Å². The number of alkyl halides is 1. The van der Waals surface area contributed by atoms with Crippen LogP contribution in [-0.2, 0) is 4.79 Å². The highest BCUT2D eigenvalue weighted by molar-refractivity contribution is 9.09. The molecule has 0 heterocycles. The number of hydrogen-bond donors (Lipinski definition) is 0. The van der Waals surface area contributed by atoms with Gasteiger partial charge in [0.1, 0.15) is 11.1 Å². The van der Waals surface area contributed by atoms with Gasteiger partial charge < -0.3 is 4.74 Å². The Morgan fingerprint density at radius 3 is 2.60 bits per heavy atom. The van der Waals surface area contributed by atoms with Gasteiger partial charge in [-0.05, 0) is 26.0 Å². The number of rotatable bonds is 3. The Labute approximate surface area is 96.6 Å². The summed E-state index contributed by atoms with van der Waals surface area (Å²) in [6.45, 7) is 3.32. The van der Waals surface area contributed by atoms with Gasteiger partial charge in [0.2, 0.25) is 0 Å². The number of carbonyl (C=O) groups excluding carboxylic acids is 2. The predicted molar refractivity (Wildman–Crippen MR) is 60.6 cm³/mol. The molecule has 15 heavy (non-hydrogen) atoms. The zero-order valence-corrected chi connectivity index (χ0v) is 10.1. The summed E-state index contributed by atoms with van der Waals surface area (Å²) in [6.07, 6.45) is 0. The molecule has 0 bridgehead atoms. The summed E-state index contributed by atoms with van der Waals surface area (Å²) >= 11 is 2.99. The fourth-order valence-electron chi connectivity index (χ4n) is 1.16. The maximum absolute atomic E-state index is 11.3. The van der Waals surface area contributed by atoms with E-state index in [9.17, 15) is 9.59 Å². The zero-order valence-electron chi connectivity index (χ0n) is 8.54. The van der Waals surface area contributed by atoms with Gasteiger partial charge in [-0.2, -0.15) is 0 Å². The maximum atomic E-state index is 11.3. The van der Waals surface area contributed by atoms with Crippen LogP contribution >= 0.6 is 15.9 Å². The van der Waals surface area contributed by atoms with E-state index in [0.29, 0.717) is 11.3 Å². The standard InChI is InChI=1S/C11H11BrO3/c1-7-3-4-10(15-11(14)6-12)9(5-7)8(2)13/h3-5H,6H2,1-2H3. The van der Waals surface area contributed by atoms with E-state index in [4.69, 9.17) is 4.74 Å². The Morgan fingerprint density at radius 1 is 1.40 bits per heavy atom.